The van der Waals surface area contributed by atoms with Crippen LogP contribution in [0.1, 0.15) is 12.8 Å². The maximum atomic E-state index is 9.50. The number of nitrogens with zero attached hydrogens (tertiary/aromatic N) is 1. The first kappa shape index (κ1) is 8.48. The Labute approximate surface area is 73.3 Å². The number of piperidine rings is 1. The zero-order chi connectivity index (χ0) is 8.55. The minimum atomic E-state index is -0.0196. The summed E-state index contributed by atoms with van der Waals surface area (Å²) >= 11 is 0. The molecule has 0 radical (unpaired) electrons. The van der Waals surface area contributed by atoms with Gasteiger partial charge in [-0.15, -0.1) is 0 Å². The maximum absolute atomic E-state index is 9.50. The van der Waals surface area contributed by atoms with E-state index in [-0.39, 0.29) is 6.10 Å². The summed E-state index contributed by atoms with van der Waals surface area (Å²) in [6.45, 7) is 2.93. The van der Waals surface area contributed by atoms with Crippen LogP contribution in [0.4, 0.5) is 0 Å². The van der Waals surface area contributed by atoms with E-state index < -0.39 is 0 Å². The maximum Gasteiger partial charge on any atom is 0.0596 e. The van der Waals surface area contributed by atoms with Crippen LogP contribution in [0.25, 0.3) is 0 Å². The second-order valence-corrected chi connectivity index (χ2v) is 3.94. The second-order valence-electron chi connectivity index (χ2n) is 3.94. The first-order valence-electron chi connectivity index (χ1n) is 4.72. The van der Waals surface area contributed by atoms with Gasteiger partial charge in [0.1, 0.15) is 0 Å². The lowest BCUT2D eigenvalue weighted by molar-refractivity contribution is 0.0601. The first-order chi connectivity index (χ1) is 5.81. The Bertz CT molecular complexity index is 161. The fourth-order valence-corrected chi connectivity index (χ4v) is 2.50. The van der Waals surface area contributed by atoms with Crippen LogP contribution in [0.15, 0.2) is 0 Å². The average molecular weight is 171 g/mol. The normalized spacial score (nSPS) is 41.0. The molecule has 1 aliphatic carbocycles. The van der Waals surface area contributed by atoms with E-state index in [0.717, 1.165) is 26.1 Å². The Kier molecular flexibility index (Phi) is 2.35. The lowest BCUT2D eigenvalue weighted by Gasteiger charge is -2.28. The highest BCUT2D eigenvalue weighted by Gasteiger charge is 2.43. The Morgan fingerprint density at radius 1 is 1.50 bits per heavy atom. The van der Waals surface area contributed by atoms with Crippen LogP contribution in [0, 0.1) is 5.92 Å². The molecule has 0 amide bonds. The molecule has 1 saturated carbocycles. The molecule has 2 rings (SSSR count). The zero-order valence-corrected chi connectivity index (χ0v) is 7.57. The number of ether oxygens (including phenoxy) is 1. The number of likely N-dealkylation sites (tertiary alicyclic amines) is 1. The summed E-state index contributed by atoms with van der Waals surface area (Å²) in [6.07, 6.45) is 2.16. The predicted octanol–water partition coefficient (Wildman–Crippen LogP) is 0.0879. The van der Waals surface area contributed by atoms with Crippen molar-refractivity contribution in [1.29, 1.82) is 0 Å². The third-order valence-corrected chi connectivity index (χ3v) is 3.20. The molecule has 2 bridgehead atoms. The van der Waals surface area contributed by atoms with Gasteiger partial charge < -0.3 is 9.84 Å². The number of rotatable bonds is 3. The van der Waals surface area contributed by atoms with Crippen LogP contribution in [-0.4, -0.2) is 49.0 Å². The van der Waals surface area contributed by atoms with Gasteiger partial charge in [-0.3, -0.25) is 4.90 Å². The predicted molar refractivity (Wildman–Crippen MR) is 46.0 cm³/mol. The van der Waals surface area contributed by atoms with Crippen molar-refractivity contribution < 1.29 is 9.84 Å². The zero-order valence-electron chi connectivity index (χ0n) is 7.57. The van der Waals surface area contributed by atoms with Crippen molar-refractivity contribution in [1.82, 2.24) is 4.90 Å². The third-order valence-electron chi connectivity index (χ3n) is 3.20. The molecular weight excluding hydrogens is 154 g/mol. The molecule has 0 unspecified atom stereocenters. The number of aliphatic hydroxyl groups excluding tert-OH is 1. The van der Waals surface area contributed by atoms with Crippen LogP contribution < -0.4 is 0 Å². The number of fused-ring (bicyclic) bond motifs is 2. The molecule has 1 aliphatic heterocycles. The molecule has 1 N–H and O–H groups in total. The van der Waals surface area contributed by atoms with Crippen LogP contribution in [0.5, 0.6) is 0 Å². The van der Waals surface area contributed by atoms with Gasteiger partial charge in [-0.2, -0.15) is 0 Å². The van der Waals surface area contributed by atoms with Crippen molar-refractivity contribution >= 4 is 0 Å². The molecular formula is C9H17NO2. The van der Waals surface area contributed by atoms with E-state index in [4.69, 9.17) is 4.74 Å². The molecule has 3 heteroatoms. The molecule has 0 spiro atoms. The highest BCUT2D eigenvalue weighted by Crippen LogP contribution is 2.37. The Hall–Kier alpha value is -0.120. The highest BCUT2D eigenvalue weighted by atomic mass is 16.5. The highest BCUT2D eigenvalue weighted by molar-refractivity contribution is 4.97. The lowest BCUT2D eigenvalue weighted by atomic mass is 10.1. The van der Waals surface area contributed by atoms with E-state index in [0.29, 0.717) is 12.0 Å². The average Bonchev–Trinajstić information content (AvgIpc) is 2.58. The van der Waals surface area contributed by atoms with Crippen LogP contribution in [0.3, 0.4) is 0 Å². The SMILES string of the molecule is COCCN1C[C@H]2C[C@@H]1C[C@H]2O. The Morgan fingerprint density at radius 2 is 2.33 bits per heavy atom. The van der Waals surface area contributed by atoms with Gasteiger partial charge in [0.05, 0.1) is 12.7 Å². The van der Waals surface area contributed by atoms with Crippen molar-refractivity contribution in [3.63, 3.8) is 0 Å². The minimum absolute atomic E-state index is 0.0196. The summed E-state index contributed by atoms with van der Waals surface area (Å²) in [5.74, 6) is 0.548. The number of hydrogen-bond acceptors (Lipinski definition) is 3. The molecule has 3 atom stereocenters. The molecule has 2 aliphatic rings. The number of aliphatic hydroxyl groups is 1. The van der Waals surface area contributed by atoms with Gasteiger partial charge in [-0.05, 0) is 18.8 Å². The molecule has 1 heterocycles. The van der Waals surface area contributed by atoms with E-state index in [9.17, 15) is 5.11 Å². The summed E-state index contributed by atoms with van der Waals surface area (Å²) in [5, 5.41) is 9.50. The topological polar surface area (TPSA) is 32.7 Å². The van der Waals surface area contributed by atoms with E-state index >= 15 is 0 Å². The molecule has 0 aromatic carbocycles. The van der Waals surface area contributed by atoms with E-state index in [1.165, 1.54) is 6.42 Å². The molecule has 0 aromatic rings. The largest absolute Gasteiger partial charge is 0.393 e. The standard InChI is InChI=1S/C9H17NO2/c1-12-3-2-10-6-7-4-8(10)5-9(7)11/h7-9,11H,2-6H2,1H3/t7-,8-,9-/m1/s1. The third kappa shape index (κ3) is 1.37. The second kappa shape index (κ2) is 3.32. The van der Waals surface area contributed by atoms with Crippen molar-refractivity contribution in [2.24, 2.45) is 5.92 Å². The van der Waals surface area contributed by atoms with Crippen molar-refractivity contribution in [3.8, 4) is 0 Å². The quantitative estimate of drug-likeness (QED) is 0.653. The fourth-order valence-electron chi connectivity index (χ4n) is 2.50. The molecule has 1 saturated heterocycles. The van der Waals surface area contributed by atoms with Gasteiger partial charge in [0, 0.05) is 26.2 Å². The number of hydrogen-bond donors (Lipinski definition) is 1. The monoisotopic (exact) mass is 171 g/mol. The van der Waals surface area contributed by atoms with Crippen molar-refractivity contribution in [2.75, 3.05) is 26.8 Å². The van der Waals surface area contributed by atoms with E-state index in [1.54, 1.807) is 7.11 Å². The summed E-state index contributed by atoms with van der Waals surface area (Å²) in [4.78, 5) is 2.45. The van der Waals surface area contributed by atoms with Gasteiger partial charge in [-0.1, -0.05) is 0 Å². The van der Waals surface area contributed by atoms with Crippen molar-refractivity contribution in [2.45, 2.75) is 25.0 Å². The first-order valence-corrected chi connectivity index (χ1v) is 4.72. The van der Waals surface area contributed by atoms with Gasteiger partial charge in [-0.25, -0.2) is 0 Å². The lowest BCUT2D eigenvalue weighted by Crippen LogP contribution is -2.39. The van der Waals surface area contributed by atoms with Crippen molar-refractivity contribution in [3.05, 3.63) is 0 Å². The molecule has 0 aromatic heterocycles. The molecule has 2 fully saturated rings. The van der Waals surface area contributed by atoms with Crippen LogP contribution >= 0.6 is 0 Å². The summed E-state index contributed by atoms with van der Waals surface area (Å²) in [6, 6.07) is 0.639. The van der Waals surface area contributed by atoms with Crippen LogP contribution in [0.2, 0.25) is 0 Å². The summed E-state index contributed by atoms with van der Waals surface area (Å²) in [5.41, 5.74) is 0. The smallest absolute Gasteiger partial charge is 0.0596 e. The molecule has 12 heavy (non-hydrogen) atoms. The Morgan fingerprint density at radius 3 is 2.83 bits per heavy atom. The summed E-state index contributed by atoms with van der Waals surface area (Å²) < 4.78 is 5.03. The Balaban J connectivity index is 1.82. The van der Waals surface area contributed by atoms with Gasteiger partial charge in [0.2, 0.25) is 0 Å². The van der Waals surface area contributed by atoms with Gasteiger partial charge in [0.25, 0.3) is 0 Å². The van der Waals surface area contributed by atoms with Gasteiger partial charge >= 0.3 is 0 Å². The fraction of sp³-hybridized carbons (Fsp3) is 1.00. The molecule has 70 valence electrons. The molecule has 3 nitrogen and oxygen atoms in total. The van der Waals surface area contributed by atoms with Crippen LogP contribution in [-0.2, 0) is 4.74 Å². The number of methoxy groups -OCH3 is 1. The van der Waals surface area contributed by atoms with E-state index in [1.807, 2.05) is 0 Å². The summed E-state index contributed by atoms with van der Waals surface area (Å²) in [7, 11) is 1.74. The minimum Gasteiger partial charge on any atom is -0.393 e. The van der Waals surface area contributed by atoms with E-state index in [2.05, 4.69) is 4.90 Å². The van der Waals surface area contributed by atoms with Gasteiger partial charge in [0.15, 0.2) is 0 Å².